The normalized spacial score (nSPS) is 10.9. The maximum absolute atomic E-state index is 12.3. The van der Waals surface area contributed by atoms with Crippen molar-refractivity contribution in [3.8, 4) is 17.1 Å². The molecule has 0 atom stereocenters. The molecule has 9 heteroatoms. The Hall–Kier alpha value is -3.46. The van der Waals surface area contributed by atoms with E-state index < -0.39 is 0 Å². The summed E-state index contributed by atoms with van der Waals surface area (Å²) in [5.41, 5.74) is 4.26. The standard InChI is InChI=1S/C21H20N6O2S/c1-14-4-3-5-17(15(14)2)27-11-10-23-21(27)30-13-18(28)24-12-19-25-20(26-29-19)16-6-8-22-9-7-16/h3-11H,12-13H2,1-2H3,(H,24,28). The molecule has 3 heterocycles. The highest BCUT2D eigenvalue weighted by Gasteiger charge is 2.13. The van der Waals surface area contributed by atoms with Crippen molar-refractivity contribution in [2.24, 2.45) is 0 Å². The minimum Gasteiger partial charge on any atom is -0.346 e. The van der Waals surface area contributed by atoms with Gasteiger partial charge in [0.25, 0.3) is 0 Å². The Bertz CT molecular complexity index is 1160. The molecule has 1 aromatic carbocycles. The van der Waals surface area contributed by atoms with Crippen LogP contribution in [0.2, 0.25) is 0 Å². The zero-order chi connectivity index (χ0) is 20.9. The Morgan fingerprint density at radius 1 is 1.17 bits per heavy atom. The number of hydrogen-bond acceptors (Lipinski definition) is 7. The van der Waals surface area contributed by atoms with E-state index in [1.165, 1.54) is 22.9 Å². The van der Waals surface area contributed by atoms with Gasteiger partial charge < -0.3 is 9.84 Å². The number of hydrogen-bond donors (Lipinski definition) is 1. The smallest absolute Gasteiger partial charge is 0.246 e. The lowest BCUT2D eigenvalue weighted by Gasteiger charge is -2.12. The van der Waals surface area contributed by atoms with E-state index in [-0.39, 0.29) is 18.2 Å². The van der Waals surface area contributed by atoms with Crippen LogP contribution in [0.15, 0.2) is 64.8 Å². The average Bonchev–Trinajstić information content (AvgIpc) is 3.43. The molecule has 0 bridgehead atoms. The Labute approximate surface area is 177 Å². The Kier molecular flexibility index (Phi) is 5.89. The van der Waals surface area contributed by atoms with Crippen LogP contribution in [0.3, 0.4) is 0 Å². The van der Waals surface area contributed by atoms with Crippen molar-refractivity contribution in [2.75, 3.05) is 5.75 Å². The fourth-order valence-electron chi connectivity index (χ4n) is 2.88. The fraction of sp³-hybridized carbons (Fsp3) is 0.190. The number of nitrogens with zero attached hydrogens (tertiary/aromatic N) is 5. The summed E-state index contributed by atoms with van der Waals surface area (Å²) < 4.78 is 7.20. The molecule has 0 radical (unpaired) electrons. The number of aryl methyl sites for hydroxylation is 1. The fourth-order valence-corrected chi connectivity index (χ4v) is 3.67. The van der Waals surface area contributed by atoms with Crippen molar-refractivity contribution >= 4 is 17.7 Å². The monoisotopic (exact) mass is 420 g/mol. The van der Waals surface area contributed by atoms with Crippen LogP contribution in [0, 0.1) is 13.8 Å². The van der Waals surface area contributed by atoms with E-state index in [9.17, 15) is 4.79 Å². The van der Waals surface area contributed by atoms with Gasteiger partial charge in [-0.25, -0.2) is 4.98 Å². The van der Waals surface area contributed by atoms with Crippen molar-refractivity contribution in [3.63, 3.8) is 0 Å². The number of rotatable bonds is 7. The third-order valence-electron chi connectivity index (χ3n) is 4.62. The molecule has 0 saturated heterocycles. The second-order valence-electron chi connectivity index (χ2n) is 6.61. The number of thioether (sulfide) groups is 1. The molecule has 1 N–H and O–H groups in total. The quantitative estimate of drug-likeness (QED) is 0.458. The summed E-state index contributed by atoms with van der Waals surface area (Å²) in [5, 5.41) is 7.49. The van der Waals surface area contributed by atoms with Gasteiger partial charge in [0.15, 0.2) is 5.16 Å². The predicted molar refractivity (Wildman–Crippen MR) is 113 cm³/mol. The molecule has 0 aliphatic carbocycles. The van der Waals surface area contributed by atoms with Crippen LogP contribution in [0.25, 0.3) is 17.1 Å². The maximum Gasteiger partial charge on any atom is 0.246 e. The number of imidazole rings is 1. The topological polar surface area (TPSA) is 98.7 Å². The molecule has 0 aliphatic rings. The van der Waals surface area contributed by atoms with E-state index in [1.807, 2.05) is 22.9 Å². The Morgan fingerprint density at radius 3 is 2.83 bits per heavy atom. The lowest BCUT2D eigenvalue weighted by molar-refractivity contribution is -0.118. The van der Waals surface area contributed by atoms with Gasteiger partial charge in [-0.15, -0.1) is 0 Å². The van der Waals surface area contributed by atoms with Crippen LogP contribution >= 0.6 is 11.8 Å². The largest absolute Gasteiger partial charge is 0.346 e. The van der Waals surface area contributed by atoms with Crippen LogP contribution in [0.1, 0.15) is 17.0 Å². The molecule has 3 aromatic heterocycles. The Morgan fingerprint density at radius 2 is 2.00 bits per heavy atom. The average molecular weight is 420 g/mol. The summed E-state index contributed by atoms with van der Waals surface area (Å²) in [7, 11) is 0. The van der Waals surface area contributed by atoms with Gasteiger partial charge in [0.1, 0.15) is 0 Å². The number of carbonyl (C=O) groups excluding carboxylic acids is 1. The molecule has 4 aromatic rings. The molecule has 4 rings (SSSR count). The van der Waals surface area contributed by atoms with Crippen LogP contribution in [-0.2, 0) is 11.3 Å². The van der Waals surface area contributed by atoms with Crippen molar-refractivity contribution < 1.29 is 9.32 Å². The van der Waals surface area contributed by atoms with Crippen LogP contribution in [0.4, 0.5) is 0 Å². The van der Waals surface area contributed by atoms with E-state index >= 15 is 0 Å². The lowest BCUT2D eigenvalue weighted by atomic mass is 10.1. The van der Waals surface area contributed by atoms with E-state index in [0.717, 1.165) is 16.4 Å². The van der Waals surface area contributed by atoms with Gasteiger partial charge in [-0.2, -0.15) is 4.98 Å². The van der Waals surface area contributed by atoms with Gasteiger partial charge in [-0.3, -0.25) is 14.3 Å². The Balaban J connectivity index is 1.34. The summed E-state index contributed by atoms with van der Waals surface area (Å²) in [6.45, 7) is 4.33. The molecule has 0 unspecified atom stereocenters. The SMILES string of the molecule is Cc1cccc(-n2ccnc2SCC(=O)NCc2nc(-c3ccncc3)no2)c1C. The molecule has 0 spiro atoms. The second-order valence-corrected chi connectivity index (χ2v) is 7.55. The number of benzene rings is 1. The zero-order valence-corrected chi connectivity index (χ0v) is 17.4. The van der Waals surface area contributed by atoms with E-state index in [1.54, 1.807) is 30.7 Å². The van der Waals surface area contributed by atoms with Crippen LogP contribution in [0.5, 0.6) is 0 Å². The van der Waals surface area contributed by atoms with Gasteiger partial charge >= 0.3 is 0 Å². The summed E-state index contributed by atoms with van der Waals surface area (Å²) in [4.78, 5) is 24.9. The van der Waals surface area contributed by atoms with Gasteiger partial charge in [-0.1, -0.05) is 29.1 Å². The molecule has 1 amide bonds. The summed E-state index contributed by atoms with van der Waals surface area (Å²) in [6.07, 6.45) is 6.96. The zero-order valence-electron chi connectivity index (χ0n) is 16.6. The molecule has 0 fully saturated rings. The molecular formula is C21H20N6O2S. The van der Waals surface area contributed by atoms with E-state index in [0.29, 0.717) is 11.7 Å². The van der Waals surface area contributed by atoms with E-state index in [2.05, 4.69) is 45.3 Å². The number of amides is 1. The van der Waals surface area contributed by atoms with Crippen molar-refractivity contribution in [1.82, 2.24) is 30.0 Å². The predicted octanol–water partition coefficient (Wildman–Crippen LogP) is 3.34. The minimum absolute atomic E-state index is 0.140. The maximum atomic E-state index is 12.3. The van der Waals surface area contributed by atoms with Gasteiger partial charge in [0, 0.05) is 30.4 Å². The van der Waals surface area contributed by atoms with Gasteiger partial charge in [0.2, 0.25) is 17.6 Å². The third kappa shape index (κ3) is 4.41. The first-order valence-corrected chi connectivity index (χ1v) is 10.3. The van der Waals surface area contributed by atoms with Crippen LogP contribution in [-0.4, -0.2) is 36.3 Å². The first kappa shape index (κ1) is 19.8. The number of aromatic nitrogens is 5. The first-order chi connectivity index (χ1) is 14.6. The first-order valence-electron chi connectivity index (χ1n) is 9.34. The number of nitrogens with one attached hydrogen (secondary N) is 1. The third-order valence-corrected chi connectivity index (χ3v) is 5.58. The second kappa shape index (κ2) is 8.91. The van der Waals surface area contributed by atoms with E-state index in [4.69, 9.17) is 4.52 Å². The van der Waals surface area contributed by atoms with Gasteiger partial charge in [-0.05, 0) is 43.2 Å². The van der Waals surface area contributed by atoms with Crippen molar-refractivity contribution in [2.45, 2.75) is 25.5 Å². The van der Waals surface area contributed by atoms with Gasteiger partial charge in [0.05, 0.1) is 18.0 Å². The highest BCUT2D eigenvalue weighted by molar-refractivity contribution is 7.99. The highest BCUT2D eigenvalue weighted by Crippen LogP contribution is 2.24. The highest BCUT2D eigenvalue weighted by atomic mass is 32.2. The molecule has 152 valence electrons. The minimum atomic E-state index is -0.140. The molecule has 0 saturated carbocycles. The van der Waals surface area contributed by atoms with Crippen LogP contribution < -0.4 is 5.32 Å². The summed E-state index contributed by atoms with van der Waals surface area (Å²) in [5.74, 6) is 0.899. The summed E-state index contributed by atoms with van der Waals surface area (Å²) in [6, 6.07) is 9.73. The lowest BCUT2D eigenvalue weighted by Crippen LogP contribution is -2.24. The number of carbonyl (C=O) groups is 1. The van der Waals surface area contributed by atoms with Crippen molar-refractivity contribution in [1.29, 1.82) is 0 Å². The molecule has 0 aliphatic heterocycles. The molecule has 30 heavy (non-hydrogen) atoms. The molecular weight excluding hydrogens is 400 g/mol. The van der Waals surface area contributed by atoms with Crippen molar-refractivity contribution in [3.05, 3.63) is 72.1 Å². The summed E-state index contributed by atoms with van der Waals surface area (Å²) >= 11 is 1.37. The molecule has 8 nitrogen and oxygen atoms in total. The number of pyridine rings is 1.